The topological polar surface area (TPSA) is 62.4 Å². The number of nitrogens with one attached hydrogen (secondary N) is 1. The van der Waals surface area contributed by atoms with Crippen molar-refractivity contribution in [2.45, 2.75) is 6.23 Å². The molecule has 2 heterocycles. The Morgan fingerprint density at radius 1 is 1.70 bits per heavy atom. The van der Waals surface area contributed by atoms with E-state index in [4.69, 9.17) is 0 Å². The van der Waals surface area contributed by atoms with Crippen LogP contribution in [-0.4, -0.2) is 20.9 Å². The van der Waals surface area contributed by atoms with Gasteiger partial charge in [-0.05, 0) is 0 Å². The lowest BCUT2D eigenvalue weighted by molar-refractivity contribution is 0.179. The molecule has 10 heavy (non-hydrogen) atoms. The van der Waals surface area contributed by atoms with E-state index < -0.39 is 6.23 Å². The summed E-state index contributed by atoms with van der Waals surface area (Å²) in [5, 5.41) is 12.8. The number of nitrogens with zero attached hydrogens (tertiary/aromatic N) is 3. The average Bonchev–Trinajstić information content (AvgIpc) is 2.36. The number of hydrogen-bond donors (Lipinski definition) is 2. The van der Waals surface area contributed by atoms with Crippen molar-refractivity contribution in [2.75, 3.05) is 5.43 Å². The van der Waals surface area contributed by atoms with Gasteiger partial charge in [0.25, 0.3) is 0 Å². The van der Waals surface area contributed by atoms with Gasteiger partial charge in [-0.25, -0.2) is 10.4 Å². The molecule has 1 aromatic heterocycles. The van der Waals surface area contributed by atoms with E-state index in [-0.39, 0.29) is 0 Å². The number of aliphatic hydroxyl groups excluding tert-OH is 1. The number of imidazole rings is 1. The molecule has 0 aromatic carbocycles. The Bertz CT molecular complexity index is 266. The van der Waals surface area contributed by atoms with Crippen LogP contribution in [0.25, 0.3) is 0 Å². The predicted octanol–water partition coefficient (Wildman–Crippen LogP) is -0.215. The third kappa shape index (κ3) is 0.608. The first-order valence-electron chi connectivity index (χ1n) is 2.88. The highest BCUT2D eigenvalue weighted by molar-refractivity contribution is 5.64. The van der Waals surface area contributed by atoms with Crippen molar-refractivity contribution in [3.05, 3.63) is 12.4 Å². The normalized spacial score (nSPS) is 21.9. The monoisotopic (exact) mass is 138 g/mol. The van der Waals surface area contributed by atoms with Crippen LogP contribution in [0.4, 0.5) is 5.95 Å². The second kappa shape index (κ2) is 1.81. The molecule has 2 N–H and O–H groups in total. The molecule has 1 aliphatic rings. The number of anilines is 1. The van der Waals surface area contributed by atoms with Crippen LogP contribution in [-0.2, 0) is 0 Å². The summed E-state index contributed by atoms with van der Waals surface area (Å²) in [5.74, 6) is 0.565. The van der Waals surface area contributed by atoms with Crippen molar-refractivity contribution in [3.8, 4) is 0 Å². The summed E-state index contributed by atoms with van der Waals surface area (Å²) >= 11 is 0. The number of fused-ring (bicyclic) bond motifs is 1. The fourth-order valence-electron chi connectivity index (χ4n) is 0.847. The summed E-state index contributed by atoms with van der Waals surface area (Å²) < 4.78 is 1.58. The van der Waals surface area contributed by atoms with E-state index in [2.05, 4.69) is 15.5 Å². The van der Waals surface area contributed by atoms with E-state index in [1.54, 1.807) is 17.0 Å². The van der Waals surface area contributed by atoms with E-state index in [0.29, 0.717) is 5.95 Å². The lowest BCUT2D eigenvalue weighted by atomic mass is 10.6. The van der Waals surface area contributed by atoms with Crippen LogP contribution in [0.15, 0.2) is 17.5 Å². The van der Waals surface area contributed by atoms with E-state index in [0.717, 1.165) is 0 Å². The molecule has 5 nitrogen and oxygen atoms in total. The quantitative estimate of drug-likeness (QED) is 0.521. The Morgan fingerprint density at radius 3 is 3.40 bits per heavy atom. The SMILES string of the molecule is OC1C=NNc2nccn21. The van der Waals surface area contributed by atoms with Crippen molar-refractivity contribution in [1.29, 1.82) is 0 Å². The molecule has 0 amide bonds. The van der Waals surface area contributed by atoms with Crippen molar-refractivity contribution >= 4 is 12.2 Å². The molecule has 0 fully saturated rings. The van der Waals surface area contributed by atoms with Gasteiger partial charge in [-0.3, -0.25) is 4.57 Å². The van der Waals surface area contributed by atoms with E-state index in [1.807, 2.05) is 0 Å². The zero-order valence-electron chi connectivity index (χ0n) is 5.10. The summed E-state index contributed by atoms with van der Waals surface area (Å²) in [6, 6.07) is 0. The van der Waals surface area contributed by atoms with Gasteiger partial charge in [0.2, 0.25) is 5.95 Å². The number of aromatic nitrogens is 2. The highest BCUT2D eigenvalue weighted by Gasteiger charge is 2.11. The van der Waals surface area contributed by atoms with Gasteiger partial charge in [-0.1, -0.05) is 0 Å². The molecule has 0 saturated carbocycles. The van der Waals surface area contributed by atoms with Gasteiger partial charge in [0.05, 0.1) is 6.21 Å². The molecule has 52 valence electrons. The molecule has 1 atom stereocenters. The van der Waals surface area contributed by atoms with E-state index in [1.165, 1.54) is 6.21 Å². The highest BCUT2D eigenvalue weighted by Crippen LogP contribution is 2.12. The molecule has 1 aromatic rings. The minimum Gasteiger partial charge on any atom is -0.368 e. The smallest absolute Gasteiger partial charge is 0.226 e. The summed E-state index contributed by atoms with van der Waals surface area (Å²) in [7, 11) is 0. The van der Waals surface area contributed by atoms with Crippen molar-refractivity contribution < 1.29 is 5.11 Å². The lowest BCUT2D eigenvalue weighted by Crippen LogP contribution is -2.16. The van der Waals surface area contributed by atoms with E-state index >= 15 is 0 Å². The van der Waals surface area contributed by atoms with Crippen LogP contribution in [0, 0.1) is 0 Å². The molecule has 5 heteroatoms. The van der Waals surface area contributed by atoms with Gasteiger partial charge in [0, 0.05) is 12.4 Å². The van der Waals surface area contributed by atoms with Crippen molar-refractivity contribution in [3.63, 3.8) is 0 Å². The van der Waals surface area contributed by atoms with Crippen molar-refractivity contribution in [1.82, 2.24) is 9.55 Å². The molecule has 2 rings (SSSR count). The molecule has 0 radical (unpaired) electrons. The maximum absolute atomic E-state index is 9.18. The van der Waals surface area contributed by atoms with Gasteiger partial charge >= 0.3 is 0 Å². The Labute approximate surface area is 57.0 Å². The number of rotatable bonds is 0. The lowest BCUT2D eigenvalue weighted by Gasteiger charge is -2.13. The molecule has 1 aliphatic heterocycles. The minimum absolute atomic E-state index is 0.565. The van der Waals surface area contributed by atoms with Crippen LogP contribution < -0.4 is 5.43 Å². The largest absolute Gasteiger partial charge is 0.368 e. The van der Waals surface area contributed by atoms with Crippen LogP contribution in [0.2, 0.25) is 0 Å². The Morgan fingerprint density at radius 2 is 2.60 bits per heavy atom. The predicted molar refractivity (Wildman–Crippen MR) is 35.6 cm³/mol. The highest BCUT2D eigenvalue weighted by atomic mass is 16.3. The van der Waals surface area contributed by atoms with Gasteiger partial charge in [-0.2, -0.15) is 5.10 Å². The standard InChI is InChI=1S/C5H6N4O/c10-4-3-7-8-5-6-1-2-9(4)5/h1-4,10H,(H,6,8). The third-order valence-electron chi connectivity index (χ3n) is 1.33. The van der Waals surface area contributed by atoms with Gasteiger partial charge < -0.3 is 5.11 Å². The summed E-state index contributed by atoms with van der Waals surface area (Å²) in [6.45, 7) is 0. The zero-order valence-corrected chi connectivity index (χ0v) is 5.10. The van der Waals surface area contributed by atoms with Crippen LogP contribution in [0.3, 0.4) is 0 Å². The second-order valence-electron chi connectivity index (χ2n) is 1.96. The first-order chi connectivity index (χ1) is 4.88. The molecule has 0 bridgehead atoms. The fourth-order valence-corrected chi connectivity index (χ4v) is 0.847. The molecular weight excluding hydrogens is 132 g/mol. The third-order valence-corrected chi connectivity index (χ3v) is 1.33. The van der Waals surface area contributed by atoms with Gasteiger partial charge in [0.15, 0.2) is 6.23 Å². The molecule has 0 spiro atoms. The average molecular weight is 138 g/mol. The summed E-state index contributed by atoms with van der Waals surface area (Å²) in [4.78, 5) is 3.89. The number of hydrogen-bond acceptors (Lipinski definition) is 4. The second-order valence-corrected chi connectivity index (χ2v) is 1.96. The number of hydrazone groups is 1. The first kappa shape index (κ1) is 5.43. The molecule has 0 saturated heterocycles. The summed E-state index contributed by atoms with van der Waals surface area (Å²) in [6.07, 6.45) is 3.99. The first-order valence-corrected chi connectivity index (χ1v) is 2.88. The zero-order chi connectivity index (χ0) is 6.97. The van der Waals surface area contributed by atoms with Crippen molar-refractivity contribution in [2.24, 2.45) is 5.10 Å². The van der Waals surface area contributed by atoms with Crippen LogP contribution in [0.5, 0.6) is 0 Å². The maximum Gasteiger partial charge on any atom is 0.226 e. The minimum atomic E-state index is -0.682. The molecule has 1 unspecified atom stereocenters. The molecule has 0 aliphatic carbocycles. The van der Waals surface area contributed by atoms with Gasteiger partial charge in [-0.15, -0.1) is 0 Å². The van der Waals surface area contributed by atoms with Gasteiger partial charge in [0.1, 0.15) is 0 Å². The molecular formula is C5H6N4O. The Kier molecular flexibility index (Phi) is 0.983. The van der Waals surface area contributed by atoms with Crippen LogP contribution in [0.1, 0.15) is 6.23 Å². The summed E-state index contributed by atoms with van der Waals surface area (Å²) in [5.41, 5.74) is 2.63. The number of aliphatic hydroxyl groups is 1. The Hall–Kier alpha value is -1.36. The fraction of sp³-hybridized carbons (Fsp3) is 0.200. The maximum atomic E-state index is 9.18. The van der Waals surface area contributed by atoms with Crippen LogP contribution >= 0.6 is 0 Å². The van der Waals surface area contributed by atoms with E-state index in [9.17, 15) is 5.11 Å². The Balaban J connectivity index is 2.48.